The molecule has 0 unspecified atom stereocenters. The summed E-state index contributed by atoms with van der Waals surface area (Å²) in [4.78, 5) is 15.5. The summed E-state index contributed by atoms with van der Waals surface area (Å²) in [5.74, 6) is 3.04. The number of carboxylic acid groups (broad SMARTS) is 1. The predicted octanol–water partition coefficient (Wildman–Crippen LogP) is 2.90. The van der Waals surface area contributed by atoms with Crippen LogP contribution in [0.4, 0.5) is 5.82 Å². The van der Waals surface area contributed by atoms with Gasteiger partial charge in [-0.3, -0.25) is 0 Å². The van der Waals surface area contributed by atoms with Gasteiger partial charge in [-0.1, -0.05) is 0 Å². The molecule has 3 N–H and O–H groups in total. The monoisotopic (exact) mass is 272 g/mol. The molecule has 1 aromatic heterocycles. The first-order chi connectivity index (χ1) is 9.61. The van der Waals surface area contributed by atoms with Crippen molar-refractivity contribution in [3.63, 3.8) is 0 Å². The Morgan fingerprint density at radius 3 is 2.20 bits per heavy atom. The van der Waals surface area contributed by atoms with Crippen LogP contribution in [-0.4, -0.2) is 16.1 Å². The number of anilines is 1. The van der Waals surface area contributed by atoms with Crippen molar-refractivity contribution in [2.24, 2.45) is 23.7 Å². The molecule has 1 aromatic rings. The van der Waals surface area contributed by atoms with E-state index in [1.54, 1.807) is 6.07 Å². The summed E-state index contributed by atoms with van der Waals surface area (Å²) in [6.45, 7) is 0. The van der Waals surface area contributed by atoms with Crippen molar-refractivity contribution in [2.45, 2.75) is 38.0 Å². The number of nitrogen functional groups attached to an aromatic ring is 1. The highest BCUT2D eigenvalue weighted by molar-refractivity contribution is 5.92. The van der Waals surface area contributed by atoms with Gasteiger partial charge in [0, 0.05) is 11.6 Å². The number of hydrogen-bond donors (Lipinski definition) is 2. The summed E-state index contributed by atoms with van der Waals surface area (Å²) in [6.07, 6.45) is 6.77. The van der Waals surface area contributed by atoms with Gasteiger partial charge in [0.1, 0.15) is 11.4 Å². The van der Waals surface area contributed by atoms with E-state index in [1.165, 1.54) is 32.1 Å². The summed E-state index contributed by atoms with van der Waals surface area (Å²) in [5.41, 5.74) is 6.98. The second kappa shape index (κ2) is 4.21. The molecule has 0 aliphatic heterocycles. The Kier molecular flexibility index (Phi) is 2.56. The first-order valence-electron chi connectivity index (χ1n) is 7.61. The third-order valence-corrected chi connectivity index (χ3v) is 5.74. The Morgan fingerprint density at radius 2 is 1.70 bits per heavy atom. The quantitative estimate of drug-likeness (QED) is 0.868. The highest BCUT2D eigenvalue weighted by Gasteiger charge is 2.49. The molecule has 0 amide bonds. The molecule has 20 heavy (non-hydrogen) atoms. The van der Waals surface area contributed by atoms with Crippen molar-refractivity contribution >= 4 is 11.8 Å². The molecule has 0 spiro atoms. The molecule has 4 fully saturated rings. The van der Waals surface area contributed by atoms with Crippen molar-refractivity contribution < 1.29 is 9.90 Å². The Hall–Kier alpha value is -1.58. The van der Waals surface area contributed by atoms with Crippen molar-refractivity contribution in [3.05, 3.63) is 23.4 Å². The van der Waals surface area contributed by atoms with Crippen molar-refractivity contribution in [3.8, 4) is 0 Å². The molecule has 4 heteroatoms. The van der Waals surface area contributed by atoms with Crippen molar-refractivity contribution in [2.75, 3.05) is 5.73 Å². The van der Waals surface area contributed by atoms with Crippen molar-refractivity contribution in [1.82, 2.24) is 4.98 Å². The lowest BCUT2D eigenvalue weighted by atomic mass is 9.51. The van der Waals surface area contributed by atoms with Gasteiger partial charge in [-0.2, -0.15) is 0 Å². The average Bonchev–Trinajstić information content (AvgIpc) is 2.37. The topological polar surface area (TPSA) is 76.2 Å². The number of carboxylic acids is 1. The average molecular weight is 272 g/mol. The first kappa shape index (κ1) is 12.2. The number of pyridine rings is 1. The van der Waals surface area contributed by atoms with Crippen LogP contribution in [-0.2, 0) is 0 Å². The summed E-state index contributed by atoms with van der Waals surface area (Å²) < 4.78 is 0. The lowest BCUT2D eigenvalue weighted by Gasteiger charge is -2.54. The number of nitrogens with zero attached hydrogens (tertiary/aromatic N) is 1. The second-order valence-electron chi connectivity index (χ2n) is 6.93. The fourth-order valence-electron chi connectivity index (χ4n) is 5.27. The van der Waals surface area contributed by atoms with Gasteiger partial charge >= 0.3 is 5.97 Å². The fourth-order valence-corrected chi connectivity index (χ4v) is 5.27. The second-order valence-corrected chi connectivity index (χ2v) is 6.93. The Morgan fingerprint density at radius 1 is 1.10 bits per heavy atom. The molecule has 4 bridgehead atoms. The molecule has 5 rings (SSSR count). The summed E-state index contributed by atoms with van der Waals surface area (Å²) in [6, 6.07) is 3.53. The molecule has 0 aromatic carbocycles. The zero-order valence-electron chi connectivity index (χ0n) is 11.5. The van der Waals surface area contributed by atoms with Crippen LogP contribution in [0.15, 0.2) is 12.1 Å². The molecule has 1 heterocycles. The van der Waals surface area contributed by atoms with E-state index < -0.39 is 5.97 Å². The molecule has 0 radical (unpaired) electrons. The highest BCUT2D eigenvalue weighted by Crippen LogP contribution is 2.59. The van der Waals surface area contributed by atoms with E-state index >= 15 is 0 Å². The van der Waals surface area contributed by atoms with Gasteiger partial charge in [-0.15, -0.1) is 0 Å². The third kappa shape index (κ3) is 1.74. The molecule has 4 saturated carbocycles. The van der Waals surface area contributed by atoms with Gasteiger partial charge in [0.25, 0.3) is 0 Å². The van der Waals surface area contributed by atoms with Crippen LogP contribution in [0.25, 0.3) is 0 Å². The maximum Gasteiger partial charge on any atom is 0.339 e. The maximum atomic E-state index is 11.0. The lowest BCUT2D eigenvalue weighted by Crippen LogP contribution is -2.44. The van der Waals surface area contributed by atoms with Gasteiger partial charge in [-0.05, 0) is 67.9 Å². The molecule has 4 aliphatic carbocycles. The third-order valence-electron chi connectivity index (χ3n) is 5.74. The molecule has 0 saturated heterocycles. The van der Waals surface area contributed by atoms with Gasteiger partial charge in [0.15, 0.2) is 0 Å². The molecule has 106 valence electrons. The van der Waals surface area contributed by atoms with E-state index in [4.69, 9.17) is 10.8 Å². The Labute approximate surface area is 118 Å². The number of nitrogens with two attached hydrogens (primary N) is 1. The predicted molar refractivity (Wildman–Crippen MR) is 75.4 cm³/mol. The van der Waals surface area contributed by atoms with Crippen LogP contribution < -0.4 is 5.73 Å². The number of hydrogen-bond acceptors (Lipinski definition) is 3. The fraction of sp³-hybridized carbons (Fsp3) is 0.625. The lowest BCUT2D eigenvalue weighted by molar-refractivity contribution is -0.00410. The highest BCUT2D eigenvalue weighted by atomic mass is 16.4. The minimum atomic E-state index is -0.994. The van der Waals surface area contributed by atoms with Crippen LogP contribution >= 0.6 is 0 Å². The summed E-state index contributed by atoms with van der Waals surface area (Å²) in [7, 11) is 0. The standard InChI is InChI=1S/C16H20N2O2/c17-15-12(16(19)20)1-2-13(18-15)14-10-4-8-3-9(6-10)7-11(14)5-8/h1-2,8-11,14H,3-7H2,(H2,17,18)(H,19,20). The van der Waals surface area contributed by atoms with E-state index in [0.29, 0.717) is 5.92 Å². The van der Waals surface area contributed by atoms with Gasteiger partial charge in [0.05, 0.1) is 0 Å². The minimum absolute atomic E-state index is 0.123. The largest absolute Gasteiger partial charge is 0.478 e. The van der Waals surface area contributed by atoms with Crippen LogP contribution in [0.1, 0.15) is 54.1 Å². The van der Waals surface area contributed by atoms with E-state index in [2.05, 4.69) is 4.98 Å². The SMILES string of the molecule is Nc1nc(C2C3CC4CC(C3)CC2C4)ccc1C(=O)O. The Bertz CT molecular complexity index is 542. The zero-order chi connectivity index (χ0) is 13.9. The number of aromatic carboxylic acids is 1. The molecular weight excluding hydrogens is 252 g/mol. The van der Waals surface area contributed by atoms with E-state index in [0.717, 1.165) is 29.4 Å². The summed E-state index contributed by atoms with van der Waals surface area (Å²) >= 11 is 0. The van der Waals surface area contributed by atoms with Crippen LogP contribution in [0, 0.1) is 23.7 Å². The van der Waals surface area contributed by atoms with Gasteiger partial charge in [-0.25, -0.2) is 9.78 Å². The van der Waals surface area contributed by atoms with Gasteiger partial charge < -0.3 is 10.8 Å². The van der Waals surface area contributed by atoms with E-state index in [-0.39, 0.29) is 11.4 Å². The molecule has 4 nitrogen and oxygen atoms in total. The number of aromatic nitrogens is 1. The van der Waals surface area contributed by atoms with Crippen LogP contribution in [0.3, 0.4) is 0 Å². The first-order valence-corrected chi connectivity index (χ1v) is 7.61. The normalized spacial score (nSPS) is 38.1. The van der Waals surface area contributed by atoms with E-state index in [1.807, 2.05) is 6.07 Å². The van der Waals surface area contributed by atoms with Crippen LogP contribution in [0.5, 0.6) is 0 Å². The molecular formula is C16H20N2O2. The van der Waals surface area contributed by atoms with Crippen molar-refractivity contribution in [1.29, 1.82) is 0 Å². The number of carbonyl (C=O) groups is 1. The molecule has 4 aliphatic rings. The Balaban J connectivity index is 1.68. The van der Waals surface area contributed by atoms with E-state index in [9.17, 15) is 4.79 Å². The van der Waals surface area contributed by atoms with Gasteiger partial charge in [0.2, 0.25) is 0 Å². The minimum Gasteiger partial charge on any atom is -0.478 e. The summed E-state index contributed by atoms with van der Waals surface area (Å²) in [5, 5.41) is 9.05. The zero-order valence-corrected chi connectivity index (χ0v) is 11.5. The van der Waals surface area contributed by atoms with Crippen LogP contribution in [0.2, 0.25) is 0 Å². The number of rotatable bonds is 2. The maximum absolute atomic E-state index is 11.0. The smallest absolute Gasteiger partial charge is 0.339 e. The molecule has 0 atom stereocenters.